The van der Waals surface area contributed by atoms with Crippen LogP contribution in [0, 0.1) is 29.6 Å². The number of benzene rings is 3. The highest BCUT2D eigenvalue weighted by atomic mass is 32.2. The van der Waals surface area contributed by atoms with Crippen molar-refractivity contribution in [1.82, 2.24) is 14.7 Å². The van der Waals surface area contributed by atoms with Gasteiger partial charge in [0.1, 0.15) is 48.1 Å². The molecule has 0 aliphatic rings. The number of rotatable bonds is 28. The molecule has 0 aliphatic carbocycles. The highest BCUT2D eigenvalue weighted by Crippen LogP contribution is 2.21. The Hall–Kier alpha value is -6.65. The molecule has 0 bridgehead atoms. The largest absolute Gasteiger partial charge is 0.443 e. The maximum atomic E-state index is 12.8. The lowest BCUT2D eigenvalue weighted by molar-refractivity contribution is -0.117. The van der Waals surface area contributed by atoms with Crippen LogP contribution in [0.4, 0.5) is 14.4 Å². The van der Waals surface area contributed by atoms with Crippen molar-refractivity contribution >= 4 is 75.7 Å². The second-order valence-corrected chi connectivity index (χ2v) is 29.5. The van der Waals surface area contributed by atoms with Crippen molar-refractivity contribution in [2.24, 2.45) is 58.1 Å². The number of nitrogens with one attached hydrogen (secondary N) is 1. The quantitative estimate of drug-likeness (QED) is 0.0178. The lowest BCUT2D eigenvalue weighted by Crippen LogP contribution is -2.33. The van der Waals surface area contributed by atoms with Gasteiger partial charge in [-0.15, -0.1) is 46.0 Å². The topological polar surface area (TPSA) is 334 Å². The van der Waals surface area contributed by atoms with Crippen LogP contribution in [0.1, 0.15) is 129 Å². The summed E-state index contributed by atoms with van der Waals surface area (Å²) >= 11 is 1.70. The summed E-state index contributed by atoms with van der Waals surface area (Å²) in [5.74, 6) is 1.65. The van der Waals surface area contributed by atoms with E-state index in [2.05, 4.69) is 67.6 Å². The lowest BCUT2D eigenvalue weighted by Gasteiger charge is -2.16. The van der Waals surface area contributed by atoms with Crippen LogP contribution in [0.3, 0.4) is 0 Å². The first-order valence-electron chi connectivity index (χ1n) is 28.5. The molecule has 0 aliphatic heterocycles. The Morgan fingerprint density at radius 1 is 0.483 bits per heavy atom. The van der Waals surface area contributed by atoms with Gasteiger partial charge in [-0.3, -0.25) is 9.52 Å². The summed E-state index contributed by atoms with van der Waals surface area (Å²) in [6.07, 6.45) is 11.8. The number of primary sulfonamides is 1. The summed E-state index contributed by atoms with van der Waals surface area (Å²) in [5, 5.41) is 16.8. The summed E-state index contributed by atoms with van der Waals surface area (Å²) < 4.78 is 86.2. The van der Waals surface area contributed by atoms with Gasteiger partial charge in [0, 0.05) is 36.6 Å². The van der Waals surface area contributed by atoms with Gasteiger partial charge >= 0.3 is 18.3 Å². The zero-order valence-corrected chi connectivity index (χ0v) is 57.0. The number of nitrogens with two attached hydrogens (primary N) is 3. The molecule has 0 saturated heterocycles. The number of amides is 4. The van der Waals surface area contributed by atoms with Gasteiger partial charge in [-0.2, -0.15) is 0 Å². The molecule has 26 heteroatoms. The highest BCUT2D eigenvalue weighted by molar-refractivity contribution is 7.99. The normalized spacial score (nSPS) is 15.3. The SMILES string of the molecule is C=CC[C@H](C)CS(=O)(=NC(=O)O[C@@H](C)c1ccccc1)NC(C)=O.C=CC[C@H](C)CS(N)(=O)=NC(=O)O[C@@H](C)c1ccccc1.C=CC[C@H](C)CS(N)(=O)=NC(=O)O[C@@H](C)c1ccccc1.C=CC[C@H](C)CS(N)(=O)=O.C=CC[C@H](C)CSc1ncccn1. The molecule has 7 N–H and O–H groups in total. The molecule has 11 atom stereocenters. The van der Waals surface area contributed by atoms with E-state index in [1.807, 2.05) is 131 Å². The maximum Gasteiger partial charge on any atom is 0.443 e. The molecule has 0 fully saturated rings. The number of nitrogens with zero attached hydrogens (tertiary/aromatic N) is 5. The number of hydrogen-bond acceptors (Lipinski definition) is 15. The van der Waals surface area contributed by atoms with E-state index in [1.165, 1.54) is 6.92 Å². The summed E-state index contributed by atoms with van der Waals surface area (Å²) in [6, 6.07) is 29.4. The molecule has 0 saturated carbocycles. The third-order valence-electron chi connectivity index (χ3n) is 11.6. The molecule has 0 spiro atoms. The molecular formula is C63H95N9O12S5. The number of allylic oxidation sites excluding steroid dienone is 5. The van der Waals surface area contributed by atoms with Gasteiger partial charge in [0.05, 0.1) is 11.5 Å². The van der Waals surface area contributed by atoms with Gasteiger partial charge < -0.3 is 14.2 Å². The molecule has 4 amide bonds. The number of thioether (sulfide) groups is 1. The molecule has 89 heavy (non-hydrogen) atoms. The molecule has 4 aromatic rings. The first-order valence-corrected chi connectivity index (χ1v) is 36.4. The van der Waals surface area contributed by atoms with E-state index < -0.39 is 82.3 Å². The number of carbonyl (C=O) groups excluding carboxylic acids is 4. The Kier molecular flexibility index (Phi) is 41.4. The molecule has 0 radical (unpaired) electrons. The van der Waals surface area contributed by atoms with Crippen LogP contribution in [0.15, 0.2) is 191 Å². The number of sulfonamides is 1. The van der Waals surface area contributed by atoms with Gasteiger partial charge in [0.2, 0.25) is 15.9 Å². The van der Waals surface area contributed by atoms with Crippen LogP contribution in [0.25, 0.3) is 0 Å². The second-order valence-electron chi connectivity index (χ2n) is 21.1. The van der Waals surface area contributed by atoms with Crippen LogP contribution < -0.4 is 20.1 Å². The first kappa shape index (κ1) is 82.3. The smallest absolute Gasteiger partial charge is 0.440 e. The van der Waals surface area contributed by atoms with E-state index >= 15 is 0 Å². The molecular weight excluding hydrogens is 1240 g/mol. The average molecular weight is 1330 g/mol. The van der Waals surface area contributed by atoms with Crippen molar-refractivity contribution in [1.29, 1.82) is 0 Å². The van der Waals surface area contributed by atoms with E-state index in [0.29, 0.717) is 31.6 Å². The second kappa shape index (κ2) is 44.7. The minimum Gasteiger partial charge on any atom is -0.440 e. The number of hydrogen-bond donors (Lipinski definition) is 4. The third kappa shape index (κ3) is 42.8. The van der Waals surface area contributed by atoms with Crippen LogP contribution in [0.2, 0.25) is 0 Å². The van der Waals surface area contributed by atoms with Crippen molar-refractivity contribution in [2.45, 2.75) is 118 Å². The Morgan fingerprint density at radius 3 is 1.10 bits per heavy atom. The molecule has 21 nitrogen and oxygen atoms in total. The predicted octanol–water partition coefficient (Wildman–Crippen LogP) is 13.8. The molecule has 4 rings (SSSR count). The van der Waals surface area contributed by atoms with Gasteiger partial charge in [0.15, 0.2) is 5.16 Å². The summed E-state index contributed by atoms with van der Waals surface area (Å²) in [4.78, 5) is 55.0. The van der Waals surface area contributed by atoms with Gasteiger partial charge in [-0.05, 0) is 105 Å². The Bertz CT molecular complexity index is 3190. The lowest BCUT2D eigenvalue weighted by atomic mass is 10.1. The summed E-state index contributed by atoms with van der Waals surface area (Å²) in [6.45, 7) is 34.1. The number of ether oxygens (including phenoxy) is 3. The van der Waals surface area contributed by atoms with E-state index in [1.54, 1.807) is 69.2 Å². The minimum absolute atomic E-state index is 0.0407. The van der Waals surface area contributed by atoms with Crippen molar-refractivity contribution in [2.75, 3.05) is 28.8 Å². The molecule has 1 heterocycles. The molecule has 494 valence electrons. The molecule has 3 unspecified atom stereocenters. The highest BCUT2D eigenvalue weighted by Gasteiger charge is 2.21. The van der Waals surface area contributed by atoms with Crippen LogP contribution in [-0.2, 0) is 58.8 Å². The van der Waals surface area contributed by atoms with Crippen molar-refractivity contribution < 1.29 is 54.4 Å². The molecule has 1 aromatic heterocycles. The van der Waals surface area contributed by atoms with E-state index in [4.69, 9.17) is 29.6 Å². The third-order valence-corrected chi connectivity index (χ3v) is 18.9. The summed E-state index contributed by atoms with van der Waals surface area (Å²) in [7, 11) is -12.7. The fourth-order valence-electron chi connectivity index (χ4n) is 7.61. The van der Waals surface area contributed by atoms with Gasteiger partial charge in [-0.1, -0.05) is 168 Å². The van der Waals surface area contributed by atoms with Crippen molar-refractivity contribution in [3.05, 3.63) is 189 Å². The Balaban J connectivity index is 0.00000112. The number of carbonyl (C=O) groups is 4. The maximum absolute atomic E-state index is 12.8. The van der Waals surface area contributed by atoms with Crippen LogP contribution in [0.5, 0.6) is 0 Å². The Morgan fingerprint density at radius 2 is 0.787 bits per heavy atom. The fraction of sp³-hybridized carbons (Fsp3) is 0.429. The fourth-order valence-corrected chi connectivity index (χ4v) is 13.9. The summed E-state index contributed by atoms with van der Waals surface area (Å²) in [5.41, 5.74) is 2.47. The van der Waals surface area contributed by atoms with E-state index in [0.717, 1.165) is 34.0 Å². The van der Waals surface area contributed by atoms with Gasteiger partial charge in [0.25, 0.3) is 0 Å². The van der Waals surface area contributed by atoms with Crippen molar-refractivity contribution in [3.8, 4) is 0 Å². The van der Waals surface area contributed by atoms with Crippen LogP contribution >= 0.6 is 11.8 Å². The predicted molar refractivity (Wildman–Crippen MR) is 363 cm³/mol. The number of aromatic nitrogens is 2. The van der Waals surface area contributed by atoms with Crippen molar-refractivity contribution in [3.63, 3.8) is 0 Å². The van der Waals surface area contributed by atoms with Gasteiger partial charge in [-0.25, -0.2) is 60.8 Å². The molecule has 3 aromatic carbocycles. The van der Waals surface area contributed by atoms with Crippen LogP contribution in [-0.4, -0.2) is 84.0 Å². The minimum atomic E-state index is -3.29. The first-order chi connectivity index (χ1) is 41.7. The zero-order valence-electron chi connectivity index (χ0n) is 52.9. The average Bonchev–Trinajstić information content (AvgIpc) is 2.44. The standard InChI is InChI=1S/C17H24N2O4S.2C15H22N2O3S.C10H14N2S.C6H13NO2S/c1-5-9-13(2)12-24(22,18-15(4)20)19-17(21)23-14(3)16-10-7-6-8-11-16;2*1-4-8-12(2)11-21(16,19)17-15(18)20-13(3)14-9-6-5-7-10-14;1-3-5-9(2)8-13-10-11-6-4-7-12-10;1-3-4-6(2)5-10(7,8)9/h5-8,10-11,13-14H,1,9,12H2,2-4H3,(H,18,19,20,21,22);2*4-7,9-10,12-13H,1,8,11H2,2-3H3,(H2,16,17,18,19);3-4,6-7,9H,1,5,8H2,2H3;3,6H,1,4-5H2,2H3,(H2,7,8,9)/t13-,14-,24?;2*12-,13-,21?;9-;6-/m00000/s1. The van der Waals surface area contributed by atoms with E-state index in [9.17, 15) is 40.2 Å². The zero-order chi connectivity index (χ0) is 67.6. The Labute approximate surface area is 535 Å². The van der Waals surface area contributed by atoms with E-state index in [-0.39, 0.29) is 46.7 Å². The monoisotopic (exact) mass is 1330 g/mol.